The van der Waals surface area contributed by atoms with E-state index < -0.39 is 0 Å². The van der Waals surface area contributed by atoms with E-state index in [1.165, 1.54) is 43.4 Å². The molecule has 0 spiro atoms. The van der Waals surface area contributed by atoms with Crippen LogP contribution in [0.1, 0.15) is 50.7 Å². The van der Waals surface area contributed by atoms with E-state index in [1.54, 1.807) is 0 Å². The van der Waals surface area contributed by atoms with Crippen molar-refractivity contribution < 1.29 is 0 Å². The van der Waals surface area contributed by atoms with Gasteiger partial charge in [-0.25, -0.2) is 0 Å². The predicted octanol–water partition coefficient (Wildman–Crippen LogP) is 3.56. The molecule has 2 atom stereocenters. The Kier molecular flexibility index (Phi) is 4.42. The summed E-state index contributed by atoms with van der Waals surface area (Å²) in [4.78, 5) is 2.64. The molecule has 2 unspecified atom stereocenters. The predicted molar refractivity (Wildman–Crippen MR) is 84.6 cm³/mol. The first-order valence-corrected chi connectivity index (χ1v) is 8.26. The van der Waals surface area contributed by atoms with Crippen molar-refractivity contribution in [1.82, 2.24) is 10.2 Å². The molecule has 0 amide bonds. The van der Waals surface area contributed by atoms with Gasteiger partial charge in [0, 0.05) is 31.7 Å². The van der Waals surface area contributed by atoms with Crippen LogP contribution < -0.4 is 5.32 Å². The van der Waals surface area contributed by atoms with Crippen LogP contribution in [0.3, 0.4) is 0 Å². The average Bonchev–Trinajstić information content (AvgIpc) is 3.26. The number of hydrogen-bond donors (Lipinski definition) is 1. The van der Waals surface area contributed by atoms with Crippen molar-refractivity contribution in [2.24, 2.45) is 5.92 Å². The van der Waals surface area contributed by atoms with Crippen molar-refractivity contribution in [2.45, 2.75) is 64.7 Å². The first-order chi connectivity index (χ1) is 9.70. The minimum Gasteiger partial charge on any atom is -0.310 e. The van der Waals surface area contributed by atoms with Gasteiger partial charge in [-0.15, -0.1) is 0 Å². The van der Waals surface area contributed by atoms with Gasteiger partial charge in [-0.05, 0) is 49.7 Å². The maximum atomic E-state index is 3.58. The molecule has 0 radical (unpaired) electrons. The van der Waals surface area contributed by atoms with E-state index in [4.69, 9.17) is 0 Å². The fourth-order valence-electron chi connectivity index (χ4n) is 3.15. The van der Waals surface area contributed by atoms with Crippen molar-refractivity contribution in [3.05, 3.63) is 35.4 Å². The molecule has 3 rings (SSSR count). The van der Waals surface area contributed by atoms with Crippen LogP contribution in [0.4, 0.5) is 0 Å². The Hall–Kier alpha value is -0.860. The minimum atomic E-state index is 0.738. The molecule has 2 aliphatic rings. The molecule has 1 heterocycles. The summed E-state index contributed by atoms with van der Waals surface area (Å²) in [5.41, 5.74) is 2.88. The van der Waals surface area contributed by atoms with Crippen LogP contribution in [0.15, 0.2) is 24.3 Å². The van der Waals surface area contributed by atoms with Crippen molar-refractivity contribution >= 4 is 0 Å². The van der Waals surface area contributed by atoms with Crippen LogP contribution in [0.25, 0.3) is 0 Å². The highest BCUT2D eigenvalue weighted by Crippen LogP contribution is 2.23. The summed E-state index contributed by atoms with van der Waals surface area (Å²) in [5, 5.41) is 3.58. The molecular formula is C18H28N2. The summed E-state index contributed by atoms with van der Waals surface area (Å²) in [6, 6.07) is 10.8. The third-order valence-electron chi connectivity index (χ3n) is 4.83. The molecule has 110 valence electrons. The summed E-state index contributed by atoms with van der Waals surface area (Å²) in [7, 11) is 0. The van der Waals surface area contributed by atoms with Gasteiger partial charge in [0.15, 0.2) is 0 Å². The van der Waals surface area contributed by atoms with Gasteiger partial charge in [0.05, 0.1) is 0 Å². The smallest absolute Gasteiger partial charge is 0.0236 e. The quantitative estimate of drug-likeness (QED) is 0.881. The van der Waals surface area contributed by atoms with E-state index in [1.807, 2.05) is 0 Å². The molecule has 1 saturated carbocycles. The monoisotopic (exact) mass is 272 g/mol. The molecule has 1 aliphatic heterocycles. The van der Waals surface area contributed by atoms with Gasteiger partial charge in [0.25, 0.3) is 0 Å². The van der Waals surface area contributed by atoms with E-state index in [9.17, 15) is 0 Å². The Balaban J connectivity index is 1.53. The number of nitrogens with zero attached hydrogens (tertiary/aromatic N) is 1. The van der Waals surface area contributed by atoms with Crippen molar-refractivity contribution in [2.75, 3.05) is 6.54 Å². The molecule has 1 aliphatic carbocycles. The zero-order valence-corrected chi connectivity index (χ0v) is 12.9. The van der Waals surface area contributed by atoms with E-state index in [-0.39, 0.29) is 0 Å². The summed E-state index contributed by atoms with van der Waals surface area (Å²) in [6.07, 6.45) is 5.47. The highest BCUT2D eigenvalue weighted by atomic mass is 15.2. The summed E-state index contributed by atoms with van der Waals surface area (Å²) >= 11 is 0. The van der Waals surface area contributed by atoms with E-state index >= 15 is 0 Å². The molecule has 1 aromatic carbocycles. The van der Waals surface area contributed by atoms with Crippen LogP contribution in [-0.4, -0.2) is 23.5 Å². The maximum Gasteiger partial charge on any atom is 0.0236 e. The molecule has 2 fully saturated rings. The van der Waals surface area contributed by atoms with Crippen LogP contribution >= 0.6 is 0 Å². The molecule has 1 N–H and O–H groups in total. The second-order valence-electron chi connectivity index (χ2n) is 6.93. The number of piperidine rings is 1. The van der Waals surface area contributed by atoms with E-state index in [0.29, 0.717) is 0 Å². The molecule has 2 nitrogen and oxygen atoms in total. The summed E-state index contributed by atoms with van der Waals surface area (Å²) in [5.74, 6) is 0.855. The number of rotatable bonds is 5. The first-order valence-electron chi connectivity index (χ1n) is 8.26. The Bertz CT molecular complexity index is 422. The molecule has 1 saturated heterocycles. The Morgan fingerprint density at radius 2 is 1.70 bits per heavy atom. The van der Waals surface area contributed by atoms with Crippen LogP contribution in [0.5, 0.6) is 0 Å². The molecule has 20 heavy (non-hydrogen) atoms. The first kappa shape index (κ1) is 14.1. The normalized spacial score (nSPS) is 27.7. The van der Waals surface area contributed by atoms with Gasteiger partial charge in [0.1, 0.15) is 0 Å². The highest BCUT2D eigenvalue weighted by Gasteiger charge is 2.22. The number of hydrogen-bond acceptors (Lipinski definition) is 2. The van der Waals surface area contributed by atoms with E-state index in [2.05, 4.69) is 48.3 Å². The second-order valence-corrected chi connectivity index (χ2v) is 6.93. The van der Waals surface area contributed by atoms with Crippen LogP contribution in [-0.2, 0) is 13.1 Å². The van der Waals surface area contributed by atoms with Crippen LogP contribution in [0.2, 0.25) is 0 Å². The molecule has 0 bridgehead atoms. The zero-order chi connectivity index (χ0) is 13.9. The average molecular weight is 272 g/mol. The fraction of sp³-hybridized carbons (Fsp3) is 0.667. The lowest BCUT2D eigenvalue weighted by Gasteiger charge is -2.36. The largest absolute Gasteiger partial charge is 0.310 e. The lowest BCUT2D eigenvalue weighted by Crippen LogP contribution is -2.40. The molecule has 2 heteroatoms. The van der Waals surface area contributed by atoms with Gasteiger partial charge < -0.3 is 5.32 Å². The number of likely N-dealkylation sites (tertiary alicyclic amines) is 1. The SMILES string of the molecule is CC1CCC(C)N(Cc2ccc(CNC3CC3)cc2)C1. The molecular weight excluding hydrogens is 244 g/mol. The standard InChI is InChI=1S/C18H28N2/c1-14-3-4-15(2)20(12-14)13-17-7-5-16(6-8-17)11-19-18-9-10-18/h5-8,14-15,18-19H,3-4,9-13H2,1-2H3. The van der Waals surface area contributed by atoms with Gasteiger partial charge in [-0.2, -0.15) is 0 Å². The number of benzene rings is 1. The molecule has 1 aromatic rings. The molecule has 0 aromatic heterocycles. The van der Waals surface area contributed by atoms with Gasteiger partial charge in [0.2, 0.25) is 0 Å². The lowest BCUT2D eigenvalue weighted by molar-refractivity contribution is 0.117. The second kappa shape index (κ2) is 6.28. The third-order valence-corrected chi connectivity index (χ3v) is 4.83. The van der Waals surface area contributed by atoms with Gasteiger partial charge >= 0.3 is 0 Å². The minimum absolute atomic E-state index is 0.738. The highest BCUT2D eigenvalue weighted by molar-refractivity contribution is 5.22. The van der Waals surface area contributed by atoms with Crippen LogP contribution in [0, 0.1) is 5.92 Å². The Morgan fingerprint density at radius 1 is 1.00 bits per heavy atom. The van der Waals surface area contributed by atoms with E-state index in [0.717, 1.165) is 31.1 Å². The van der Waals surface area contributed by atoms with Crippen molar-refractivity contribution in [3.63, 3.8) is 0 Å². The number of nitrogens with one attached hydrogen (secondary N) is 1. The Morgan fingerprint density at radius 3 is 2.40 bits per heavy atom. The van der Waals surface area contributed by atoms with Gasteiger partial charge in [-0.1, -0.05) is 31.2 Å². The topological polar surface area (TPSA) is 15.3 Å². The third kappa shape index (κ3) is 3.83. The zero-order valence-electron chi connectivity index (χ0n) is 12.9. The lowest BCUT2D eigenvalue weighted by atomic mass is 9.94. The van der Waals surface area contributed by atoms with Crippen molar-refractivity contribution in [1.29, 1.82) is 0 Å². The fourth-order valence-corrected chi connectivity index (χ4v) is 3.15. The summed E-state index contributed by atoms with van der Waals surface area (Å²) in [6.45, 7) is 8.15. The van der Waals surface area contributed by atoms with Crippen molar-refractivity contribution in [3.8, 4) is 0 Å². The maximum absolute atomic E-state index is 3.58. The summed E-state index contributed by atoms with van der Waals surface area (Å²) < 4.78 is 0. The Labute approximate surface area is 123 Å². The van der Waals surface area contributed by atoms with Gasteiger partial charge in [-0.3, -0.25) is 4.90 Å².